The quantitative estimate of drug-likeness (QED) is 0.564. The standard InChI is InChI=1S/C13H10OS/c14-10-12(9-13-7-4-8-15-13)11-5-2-1-3-6-11/h1-10H/b12-9-. The van der Waals surface area contributed by atoms with Gasteiger partial charge in [0.25, 0.3) is 0 Å². The van der Waals surface area contributed by atoms with Gasteiger partial charge in [0.05, 0.1) is 0 Å². The van der Waals surface area contributed by atoms with Gasteiger partial charge >= 0.3 is 0 Å². The highest BCUT2D eigenvalue weighted by Gasteiger charge is 1.99. The number of carbonyl (C=O) groups is 1. The van der Waals surface area contributed by atoms with Gasteiger partial charge in [0.2, 0.25) is 0 Å². The molecule has 0 aliphatic carbocycles. The third kappa shape index (κ3) is 2.42. The summed E-state index contributed by atoms with van der Waals surface area (Å²) in [4.78, 5) is 12.1. The molecule has 1 aromatic heterocycles. The smallest absolute Gasteiger partial charge is 0.150 e. The largest absolute Gasteiger partial charge is 0.298 e. The Hall–Kier alpha value is -1.67. The van der Waals surface area contributed by atoms with Crippen molar-refractivity contribution < 1.29 is 4.79 Å². The molecule has 0 radical (unpaired) electrons. The zero-order valence-electron chi connectivity index (χ0n) is 8.09. The summed E-state index contributed by atoms with van der Waals surface area (Å²) in [5, 5.41) is 2.00. The topological polar surface area (TPSA) is 17.1 Å². The monoisotopic (exact) mass is 214 g/mol. The molecule has 0 spiro atoms. The fourth-order valence-corrected chi connectivity index (χ4v) is 2.01. The van der Waals surface area contributed by atoms with Crippen LogP contribution in [0.4, 0.5) is 0 Å². The van der Waals surface area contributed by atoms with Crippen LogP contribution in [0.2, 0.25) is 0 Å². The van der Waals surface area contributed by atoms with E-state index in [9.17, 15) is 4.79 Å². The van der Waals surface area contributed by atoms with Crippen LogP contribution in [-0.2, 0) is 4.79 Å². The maximum Gasteiger partial charge on any atom is 0.150 e. The lowest BCUT2D eigenvalue weighted by molar-refractivity contribution is -0.103. The van der Waals surface area contributed by atoms with E-state index in [-0.39, 0.29) is 0 Å². The van der Waals surface area contributed by atoms with E-state index in [4.69, 9.17) is 0 Å². The first-order valence-electron chi connectivity index (χ1n) is 4.66. The van der Waals surface area contributed by atoms with E-state index in [1.807, 2.05) is 53.9 Å². The highest BCUT2D eigenvalue weighted by molar-refractivity contribution is 7.10. The van der Waals surface area contributed by atoms with Crippen molar-refractivity contribution in [2.75, 3.05) is 0 Å². The Morgan fingerprint density at radius 3 is 2.47 bits per heavy atom. The third-order valence-electron chi connectivity index (χ3n) is 2.08. The minimum atomic E-state index is 0.720. The van der Waals surface area contributed by atoms with Crippen LogP contribution in [0, 0.1) is 0 Å². The minimum absolute atomic E-state index is 0.720. The SMILES string of the molecule is O=C/C(=C/c1cccs1)c1ccccc1. The van der Waals surface area contributed by atoms with E-state index < -0.39 is 0 Å². The lowest BCUT2D eigenvalue weighted by Gasteiger charge is -1.98. The van der Waals surface area contributed by atoms with E-state index in [2.05, 4.69) is 0 Å². The molecule has 0 saturated heterocycles. The Labute approximate surface area is 92.7 Å². The molecule has 0 fully saturated rings. The van der Waals surface area contributed by atoms with E-state index in [1.165, 1.54) is 0 Å². The molecule has 1 aromatic carbocycles. The summed E-state index contributed by atoms with van der Waals surface area (Å²) in [7, 11) is 0. The number of hydrogen-bond acceptors (Lipinski definition) is 2. The van der Waals surface area contributed by atoms with Crippen molar-refractivity contribution in [2.24, 2.45) is 0 Å². The molecular formula is C13H10OS. The lowest BCUT2D eigenvalue weighted by Crippen LogP contribution is -1.83. The van der Waals surface area contributed by atoms with Crippen molar-refractivity contribution in [2.45, 2.75) is 0 Å². The van der Waals surface area contributed by atoms with Crippen LogP contribution in [0.15, 0.2) is 47.8 Å². The summed E-state index contributed by atoms with van der Waals surface area (Å²) in [5.74, 6) is 0. The van der Waals surface area contributed by atoms with Gasteiger partial charge in [-0.1, -0.05) is 36.4 Å². The number of aldehydes is 1. The molecule has 1 nitrogen and oxygen atoms in total. The zero-order valence-corrected chi connectivity index (χ0v) is 8.91. The van der Waals surface area contributed by atoms with Crippen LogP contribution < -0.4 is 0 Å². The number of allylic oxidation sites excluding steroid dienone is 1. The maximum atomic E-state index is 11.0. The molecule has 15 heavy (non-hydrogen) atoms. The third-order valence-corrected chi connectivity index (χ3v) is 2.89. The van der Waals surface area contributed by atoms with Crippen molar-refractivity contribution in [1.29, 1.82) is 0 Å². The van der Waals surface area contributed by atoms with Crippen molar-refractivity contribution in [3.05, 3.63) is 58.3 Å². The van der Waals surface area contributed by atoms with Gasteiger partial charge in [0.15, 0.2) is 6.29 Å². The first kappa shape index (κ1) is 9.87. The van der Waals surface area contributed by atoms with Crippen molar-refractivity contribution in [3.63, 3.8) is 0 Å². The predicted octanol–water partition coefficient (Wildman–Crippen LogP) is 3.49. The maximum absolute atomic E-state index is 11.0. The molecule has 0 saturated carbocycles. The van der Waals surface area contributed by atoms with Crippen LogP contribution >= 0.6 is 11.3 Å². The molecule has 74 valence electrons. The molecule has 2 aromatic rings. The minimum Gasteiger partial charge on any atom is -0.298 e. The molecule has 0 unspecified atom stereocenters. The zero-order chi connectivity index (χ0) is 10.5. The Morgan fingerprint density at radius 2 is 1.87 bits per heavy atom. The average molecular weight is 214 g/mol. The van der Waals surface area contributed by atoms with Crippen LogP contribution in [0.25, 0.3) is 11.6 Å². The molecule has 0 aliphatic heterocycles. The lowest BCUT2D eigenvalue weighted by atomic mass is 10.1. The van der Waals surface area contributed by atoms with Gasteiger partial charge in [-0.25, -0.2) is 0 Å². The summed E-state index contributed by atoms with van der Waals surface area (Å²) >= 11 is 1.63. The van der Waals surface area contributed by atoms with Gasteiger partial charge in [-0.3, -0.25) is 4.79 Å². The van der Waals surface area contributed by atoms with E-state index in [0.717, 1.165) is 22.3 Å². The van der Waals surface area contributed by atoms with Gasteiger partial charge in [-0.05, 0) is 23.1 Å². The fourth-order valence-electron chi connectivity index (χ4n) is 1.34. The molecular weight excluding hydrogens is 204 g/mol. The van der Waals surface area contributed by atoms with Gasteiger partial charge in [-0.15, -0.1) is 11.3 Å². The second-order valence-electron chi connectivity index (χ2n) is 3.10. The van der Waals surface area contributed by atoms with Gasteiger partial charge in [0, 0.05) is 10.5 Å². The molecule has 1 heterocycles. The highest BCUT2D eigenvalue weighted by Crippen LogP contribution is 2.18. The fraction of sp³-hybridized carbons (Fsp3) is 0. The van der Waals surface area contributed by atoms with Crippen molar-refractivity contribution >= 4 is 29.3 Å². The number of carbonyl (C=O) groups excluding carboxylic acids is 1. The second-order valence-corrected chi connectivity index (χ2v) is 4.08. The van der Waals surface area contributed by atoms with E-state index in [0.29, 0.717) is 0 Å². The molecule has 0 aliphatic rings. The molecule has 0 N–H and O–H groups in total. The van der Waals surface area contributed by atoms with E-state index >= 15 is 0 Å². The second kappa shape index (κ2) is 4.71. The Bertz CT molecular complexity index is 455. The number of hydrogen-bond donors (Lipinski definition) is 0. The summed E-state index contributed by atoms with van der Waals surface area (Å²) in [6.45, 7) is 0. The first-order valence-corrected chi connectivity index (χ1v) is 5.54. The molecule has 2 rings (SSSR count). The van der Waals surface area contributed by atoms with E-state index in [1.54, 1.807) is 11.3 Å². The van der Waals surface area contributed by atoms with Gasteiger partial charge in [0.1, 0.15) is 0 Å². The summed E-state index contributed by atoms with van der Waals surface area (Å²) in [6.07, 6.45) is 2.81. The van der Waals surface area contributed by atoms with Gasteiger partial charge < -0.3 is 0 Å². The predicted molar refractivity (Wildman–Crippen MR) is 64.7 cm³/mol. The summed E-state index contributed by atoms with van der Waals surface area (Å²) < 4.78 is 0. The number of benzene rings is 1. The van der Waals surface area contributed by atoms with Gasteiger partial charge in [-0.2, -0.15) is 0 Å². The van der Waals surface area contributed by atoms with Crippen LogP contribution in [0.1, 0.15) is 10.4 Å². The Kier molecular flexibility index (Phi) is 3.10. The molecule has 2 heteroatoms. The van der Waals surface area contributed by atoms with Crippen molar-refractivity contribution in [3.8, 4) is 0 Å². The molecule has 0 atom stereocenters. The van der Waals surface area contributed by atoms with Crippen LogP contribution in [0.5, 0.6) is 0 Å². The highest BCUT2D eigenvalue weighted by atomic mass is 32.1. The Balaban J connectivity index is 2.37. The van der Waals surface area contributed by atoms with Crippen LogP contribution in [0.3, 0.4) is 0 Å². The Morgan fingerprint density at radius 1 is 1.07 bits per heavy atom. The summed E-state index contributed by atoms with van der Waals surface area (Å²) in [6, 6.07) is 13.7. The summed E-state index contributed by atoms with van der Waals surface area (Å²) in [5.41, 5.74) is 1.68. The molecule has 0 bridgehead atoms. The van der Waals surface area contributed by atoms with Crippen LogP contribution in [-0.4, -0.2) is 6.29 Å². The number of rotatable bonds is 3. The normalized spacial score (nSPS) is 11.3. The average Bonchev–Trinajstić information content (AvgIpc) is 2.80. The molecule has 0 amide bonds. The first-order chi connectivity index (χ1) is 7.40. The van der Waals surface area contributed by atoms with Crippen molar-refractivity contribution in [1.82, 2.24) is 0 Å². The number of thiophene rings is 1.